The Kier molecular flexibility index (Phi) is 4.67. The fraction of sp³-hybridized carbons (Fsp3) is 0.882. The third-order valence-corrected chi connectivity index (χ3v) is 7.05. The Labute approximate surface area is 141 Å². The number of carbonyl (C=O) groups is 2. The first kappa shape index (κ1) is 17.1. The summed E-state index contributed by atoms with van der Waals surface area (Å²) in [6, 6.07) is 0. The quantitative estimate of drug-likeness (QED) is 0.772. The van der Waals surface area contributed by atoms with E-state index < -0.39 is 11.5 Å². The molecule has 3 aliphatic rings. The number of thioether (sulfide) groups is 1. The Bertz CT molecular complexity index is 493. The predicted octanol–water partition coefficient (Wildman–Crippen LogP) is 2.15. The highest BCUT2D eigenvalue weighted by Crippen LogP contribution is 2.58. The van der Waals surface area contributed by atoms with Gasteiger partial charge < -0.3 is 14.6 Å². The van der Waals surface area contributed by atoms with Gasteiger partial charge in [0.2, 0.25) is 0 Å². The summed E-state index contributed by atoms with van der Waals surface area (Å²) in [6.45, 7) is 5.81. The van der Waals surface area contributed by atoms with Crippen LogP contribution in [0.15, 0.2) is 0 Å². The average molecular weight is 342 g/mol. The summed E-state index contributed by atoms with van der Waals surface area (Å²) >= 11 is 1.61. The van der Waals surface area contributed by atoms with Crippen LogP contribution in [0.2, 0.25) is 0 Å². The van der Waals surface area contributed by atoms with Gasteiger partial charge in [-0.1, -0.05) is 6.92 Å². The van der Waals surface area contributed by atoms with Gasteiger partial charge >= 0.3 is 11.9 Å². The van der Waals surface area contributed by atoms with Gasteiger partial charge in [0.05, 0.1) is 12.5 Å². The Morgan fingerprint density at radius 2 is 2.22 bits per heavy atom. The van der Waals surface area contributed by atoms with E-state index in [0.29, 0.717) is 18.1 Å². The SMILES string of the molecule is CC(C)OC(=O)CCS[C@H]1C2C(=O)O[C@@H]3CC[C@H](C[C@@H]1C)[C@]23O. The molecule has 2 aliphatic carbocycles. The number of esters is 2. The fourth-order valence-corrected chi connectivity index (χ4v) is 6.08. The summed E-state index contributed by atoms with van der Waals surface area (Å²) in [7, 11) is 0. The van der Waals surface area contributed by atoms with Crippen LogP contribution in [0, 0.1) is 17.8 Å². The fourth-order valence-electron chi connectivity index (χ4n) is 4.56. The first-order valence-corrected chi connectivity index (χ1v) is 9.62. The lowest BCUT2D eigenvalue weighted by molar-refractivity contribution is -0.147. The van der Waals surface area contributed by atoms with Crippen molar-refractivity contribution in [2.75, 3.05) is 5.75 Å². The summed E-state index contributed by atoms with van der Waals surface area (Å²) in [5, 5.41) is 11.2. The zero-order valence-corrected chi connectivity index (χ0v) is 14.8. The summed E-state index contributed by atoms with van der Waals surface area (Å²) in [5.74, 6) is 0.198. The van der Waals surface area contributed by atoms with Crippen LogP contribution < -0.4 is 0 Å². The van der Waals surface area contributed by atoms with Crippen LogP contribution in [-0.4, -0.2) is 45.9 Å². The number of hydrogen-bond donors (Lipinski definition) is 1. The second kappa shape index (κ2) is 6.28. The van der Waals surface area contributed by atoms with Crippen molar-refractivity contribution in [1.29, 1.82) is 0 Å². The third kappa shape index (κ3) is 2.88. The second-order valence-electron chi connectivity index (χ2n) is 7.40. The van der Waals surface area contributed by atoms with Gasteiger partial charge in [0.25, 0.3) is 0 Å². The van der Waals surface area contributed by atoms with E-state index in [9.17, 15) is 14.7 Å². The van der Waals surface area contributed by atoms with Crippen molar-refractivity contribution in [2.45, 2.75) is 69.5 Å². The van der Waals surface area contributed by atoms with Gasteiger partial charge in [-0.3, -0.25) is 9.59 Å². The minimum atomic E-state index is -0.986. The number of rotatable bonds is 5. The summed E-state index contributed by atoms with van der Waals surface area (Å²) in [5.41, 5.74) is -0.986. The number of ether oxygens (including phenoxy) is 2. The molecule has 3 rings (SSSR count). The van der Waals surface area contributed by atoms with E-state index in [1.807, 2.05) is 13.8 Å². The lowest BCUT2D eigenvalue weighted by Crippen LogP contribution is -2.55. The zero-order valence-electron chi connectivity index (χ0n) is 14.0. The van der Waals surface area contributed by atoms with Crippen molar-refractivity contribution >= 4 is 23.7 Å². The molecule has 1 unspecified atom stereocenters. The molecule has 0 amide bonds. The van der Waals surface area contributed by atoms with E-state index in [1.54, 1.807) is 11.8 Å². The molecule has 1 aliphatic heterocycles. The molecule has 2 saturated carbocycles. The molecular formula is C17H26O5S. The van der Waals surface area contributed by atoms with Crippen molar-refractivity contribution < 1.29 is 24.2 Å². The highest BCUT2D eigenvalue weighted by molar-refractivity contribution is 8.00. The minimum Gasteiger partial charge on any atom is -0.463 e. The Hall–Kier alpha value is -0.750. The third-order valence-electron chi connectivity index (χ3n) is 5.49. The van der Waals surface area contributed by atoms with Crippen LogP contribution in [0.1, 0.15) is 46.5 Å². The van der Waals surface area contributed by atoms with E-state index >= 15 is 0 Å². The van der Waals surface area contributed by atoms with Crippen molar-refractivity contribution in [3.05, 3.63) is 0 Å². The molecule has 23 heavy (non-hydrogen) atoms. The van der Waals surface area contributed by atoms with Crippen molar-refractivity contribution in [1.82, 2.24) is 0 Å². The molecule has 1 saturated heterocycles. The molecule has 0 spiro atoms. The van der Waals surface area contributed by atoms with E-state index in [4.69, 9.17) is 9.47 Å². The van der Waals surface area contributed by atoms with Crippen molar-refractivity contribution in [3.63, 3.8) is 0 Å². The second-order valence-corrected chi connectivity index (χ2v) is 8.69. The van der Waals surface area contributed by atoms with E-state index in [-0.39, 0.29) is 35.3 Å². The first-order valence-electron chi connectivity index (χ1n) is 8.58. The van der Waals surface area contributed by atoms with E-state index in [2.05, 4.69) is 6.92 Å². The van der Waals surface area contributed by atoms with Crippen LogP contribution in [0.4, 0.5) is 0 Å². The molecule has 0 aromatic rings. The van der Waals surface area contributed by atoms with Gasteiger partial charge in [-0.15, -0.1) is 0 Å². The Morgan fingerprint density at radius 3 is 2.91 bits per heavy atom. The molecular weight excluding hydrogens is 316 g/mol. The molecule has 0 aromatic carbocycles. The number of hydrogen-bond acceptors (Lipinski definition) is 6. The van der Waals surface area contributed by atoms with Gasteiger partial charge in [0.1, 0.15) is 17.6 Å². The van der Waals surface area contributed by atoms with Crippen LogP contribution in [0.25, 0.3) is 0 Å². The van der Waals surface area contributed by atoms with Crippen LogP contribution in [0.5, 0.6) is 0 Å². The first-order chi connectivity index (χ1) is 10.8. The van der Waals surface area contributed by atoms with Gasteiger partial charge in [-0.05, 0) is 44.9 Å². The monoisotopic (exact) mass is 342 g/mol. The Balaban J connectivity index is 1.65. The van der Waals surface area contributed by atoms with Crippen LogP contribution in [-0.2, 0) is 19.1 Å². The molecule has 1 heterocycles. The van der Waals surface area contributed by atoms with Gasteiger partial charge in [0, 0.05) is 11.0 Å². The normalized spacial score (nSPS) is 41.8. The minimum absolute atomic E-state index is 0.0127. The molecule has 130 valence electrons. The lowest BCUT2D eigenvalue weighted by atomic mass is 9.66. The maximum absolute atomic E-state index is 12.3. The van der Waals surface area contributed by atoms with Crippen molar-refractivity contribution in [3.8, 4) is 0 Å². The highest BCUT2D eigenvalue weighted by Gasteiger charge is 2.68. The van der Waals surface area contributed by atoms with E-state index in [1.165, 1.54) is 0 Å². The smallest absolute Gasteiger partial charge is 0.313 e. The Morgan fingerprint density at radius 1 is 1.48 bits per heavy atom. The van der Waals surface area contributed by atoms with Gasteiger partial charge in [0.15, 0.2) is 0 Å². The molecule has 1 N–H and O–H groups in total. The molecule has 6 heteroatoms. The standard InChI is InChI=1S/C17H26O5S/c1-9(2)21-13(18)6-7-23-15-10(3)8-11-4-5-12-17(11,20)14(15)16(19)22-12/h9-12,14-15,20H,4-8H2,1-3H3/t10-,11+,12+,14?,15+,17+/m0/s1. The average Bonchev–Trinajstić information content (AvgIpc) is 2.88. The van der Waals surface area contributed by atoms with Gasteiger partial charge in [-0.25, -0.2) is 0 Å². The molecule has 6 atom stereocenters. The van der Waals surface area contributed by atoms with E-state index in [0.717, 1.165) is 19.3 Å². The topological polar surface area (TPSA) is 72.8 Å². The summed E-state index contributed by atoms with van der Waals surface area (Å²) in [4.78, 5) is 24.0. The number of aliphatic hydroxyl groups is 1. The zero-order chi connectivity index (χ0) is 16.8. The number of carbonyl (C=O) groups excluding carboxylic acids is 2. The summed E-state index contributed by atoms with van der Waals surface area (Å²) in [6.07, 6.45) is 2.53. The summed E-state index contributed by atoms with van der Waals surface area (Å²) < 4.78 is 10.6. The maximum atomic E-state index is 12.3. The molecule has 0 aromatic heterocycles. The maximum Gasteiger partial charge on any atom is 0.313 e. The molecule has 3 fully saturated rings. The molecule has 0 bridgehead atoms. The van der Waals surface area contributed by atoms with Crippen molar-refractivity contribution in [2.24, 2.45) is 17.8 Å². The van der Waals surface area contributed by atoms with Crippen LogP contribution >= 0.6 is 11.8 Å². The molecule has 0 radical (unpaired) electrons. The molecule has 5 nitrogen and oxygen atoms in total. The highest BCUT2D eigenvalue weighted by atomic mass is 32.2. The largest absolute Gasteiger partial charge is 0.463 e. The predicted molar refractivity (Wildman–Crippen MR) is 86.9 cm³/mol. The van der Waals surface area contributed by atoms with Crippen LogP contribution in [0.3, 0.4) is 0 Å². The lowest BCUT2D eigenvalue weighted by Gasteiger charge is -2.44. The van der Waals surface area contributed by atoms with Gasteiger partial charge in [-0.2, -0.15) is 11.8 Å².